The number of hydrogen-bond acceptors (Lipinski definition) is 3. The number of amides is 1. The van der Waals surface area contributed by atoms with Crippen LogP contribution in [0.5, 0.6) is 0 Å². The van der Waals surface area contributed by atoms with Gasteiger partial charge >= 0.3 is 0 Å². The second-order valence-electron chi connectivity index (χ2n) is 5.88. The quantitative estimate of drug-likeness (QED) is 0.857. The minimum Gasteiger partial charge on any atom is -0.350 e. The third kappa shape index (κ3) is 4.79. The number of hydrogen-bond donors (Lipinski definition) is 1. The van der Waals surface area contributed by atoms with Crippen molar-refractivity contribution in [2.75, 3.05) is 17.1 Å². The van der Waals surface area contributed by atoms with E-state index in [-0.39, 0.29) is 13.1 Å². The van der Waals surface area contributed by atoms with E-state index in [0.29, 0.717) is 11.3 Å². The molecule has 1 amide bonds. The molecule has 25 heavy (non-hydrogen) atoms. The van der Waals surface area contributed by atoms with Crippen LogP contribution in [0.3, 0.4) is 0 Å². The van der Waals surface area contributed by atoms with Crippen molar-refractivity contribution in [3.63, 3.8) is 0 Å². The predicted octanol–water partition coefficient (Wildman–Crippen LogP) is 2.52. The minimum atomic E-state index is -3.65. The Morgan fingerprint density at radius 2 is 1.68 bits per heavy atom. The molecule has 7 heteroatoms. The van der Waals surface area contributed by atoms with Gasteiger partial charge in [-0.25, -0.2) is 12.8 Å². The van der Waals surface area contributed by atoms with Crippen LogP contribution in [0.2, 0.25) is 0 Å². The second kappa shape index (κ2) is 7.65. The summed E-state index contributed by atoms with van der Waals surface area (Å²) in [6.45, 7) is 3.21. The van der Waals surface area contributed by atoms with E-state index in [1.54, 1.807) is 44.2 Å². The van der Waals surface area contributed by atoms with Gasteiger partial charge in [0.05, 0.1) is 11.9 Å². The van der Waals surface area contributed by atoms with Crippen LogP contribution in [0.15, 0.2) is 42.5 Å². The van der Waals surface area contributed by atoms with Crippen LogP contribution in [0.4, 0.5) is 10.1 Å². The summed E-state index contributed by atoms with van der Waals surface area (Å²) in [5, 5.41) is 2.57. The van der Waals surface area contributed by atoms with Crippen LogP contribution in [0, 0.1) is 19.7 Å². The summed E-state index contributed by atoms with van der Waals surface area (Å²) in [6, 6.07) is 11.5. The molecule has 0 spiro atoms. The molecular formula is C18H21FN2O3S. The molecule has 5 nitrogen and oxygen atoms in total. The summed E-state index contributed by atoms with van der Waals surface area (Å²) in [5.41, 5.74) is 2.35. The number of rotatable bonds is 6. The maximum atomic E-state index is 13.6. The third-order valence-corrected chi connectivity index (χ3v) is 4.92. The smallest absolute Gasteiger partial charge is 0.241 e. The van der Waals surface area contributed by atoms with E-state index in [4.69, 9.17) is 0 Å². The maximum absolute atomic E-state index is 13.6. The van der Waals surface area contributed by atoms with Crippen molar-refractivity contribution in [2.24, 2.45) is 0 Å². The fraction of sp³-hybridized carbons (Fsp3) is 0.278. The highest BCUT2D eigenvalue weighted by Crippen LogP contribution is 2.26. The topological polar surface area (TPSA) is 66.5 Å². The van der Waals surface area contributed by atoms with Crippen LogP contribution < -0.4 is 9.62 Å². The standard InChI is InChI=1S/C18H21FN2O3S/c1-13-7-6-8-14(2)18(13)21(25(3,23)24)12-17(22)20-11-15-9-4-5-10-16(15)19/h4-10H,11-12H2,1-3H3,(H,20,22). The Kier molecular flexibility index (Phi) is 5.79. The largest absolute Gasteiger partial charge is 0.350 e. The summed E-state index contributed by atoms with van der Waals surface area (Å²) in [4.78, 5) is 12.2. The number of sulfonamides is 1. The van der Waals surface area contributed by atoms with Gasteiger partial charge in [0.15, 0.2) is 0 Å². The zero-order chi connectivity index (χ0) is 18.6. The number of anilines is 1. The summed E-state index contributed by atoms with van der Waals surface area (Å²) in [6.07, 6.45) is 1.06. The van der Waals surface area contributed by atoms with Gasteiger partial charge in [-0.05, 0) is 31.0 Å². The first-order valence-corrected chi connectivity index (χ1v) is 9.59. The number of para-hydroxylation sites is 1. The first kappa shape index (κ1) is 18.9. The molecule has 0 heterocycles. The fourth-order valence-corrected chi connectivity index (χ4v) is 3.55. The SMILES string of the molecule is Cc1cccc(C)c1N(CC(=O)NCc1ccccc1F)S(C)(=O)=O. The van der Waals surface area contributed by atoms with Crippen molar-refractivity contribution in [1.29, 1.82) is 0 Å². The number of nitrogens with zero attached hydrogens (tertiary/aromatic N) is 1. The van der Waals surface area contributed by atoms with Crippen molar-refractivity contribution >= 4 is 21.6 Å². The van der Waals surface area contributed by atoms with Gasteiger partial charge in [-0.15, -0.1) is 0 Å². The summed E-state index contributed by atoms with van der Waals surface area (Å²) in [5.74, 6) is -0.922. The highest BCUT2D eigenvalue weighted by molar-refractivity contribution is 7.92. The number of aryl methyl sites for hydroxylation is 2. The number of carbonyl (C=O) groups is 1. The average molecular weight is 364 g/mol. The average Bonchev–Trinajstić information content (AvgIpc) is 2.52. The van der Waals surface area contributed by atoms with Gasteiger partial charge in [-0.2, -0.15) is 0 Å². The van der Waals surface area contributed by atoms with Crippen LogP contribution in [-0.2, 0) is 21.4 Å². The monoisotopic (exact) mass is 364 g/mol. The molecule has 0 atom stereocenters. The Morgan fingerprint density at radius 1 is 1.08 bits per heavy atom. The van der Waals surface area contributed by atoms with E-state index in [9.17, 15) is 17.6 Å². The Balaban J connectivity index is 2.18. The summed E-state index contributed by atoms with van der Waals surface area (Å²) < 4.78 is 39.1. The van der Waals surface area contributed by atoms with Crippen molar-refractivity contribution in [3.05, 3.63) is 65.0 Å². The summed E-state index contributed by atoms with van der Waals surface area (Å²) in [7, 11) is -3.65. The van der Waals surface area contributed by atoms with Gasteiger partial charge in [0.25, 0.3) is 0 Å². The van der Waals surface area contributed by atoms with E-state index in [1.165, 1.54) is 6.07 Å². The molecule has 134 valence electrons. The highest BCUT2D eigenvalue weighted by atomic mass is 32.2. The lowest BCUT2D eigenvalue weighted by Crippen LogP contribution is -2.40. The molecule has 2 aromatic carbocycles. The maximum Gasteiger partial charge on any atom is 0.241 e. The van der Waals surface area contributed by atoms with E-state index in [1.807, 2.05) is 6.07 Å². The minimum absolute atomic E-state index is 0.00410. The van der Waals surface area contributed by atoms with E-state index >= 15 is 0 Å². The molecule has 2 aromatic rings. The Bertz CT molecular complexity index is 861. The Morgan fingerprint density at radius 3 is 2.24 bits per heavy atom. The second-order valence-corrected chi connectivity index (χ2v) is 7.79. The molecule has 0 aromatic heterocycles. The molecule has 0 aliphatic rings. The first-order valence-electron chi connectivity index (χ1n) is 7.74. The van der Waals surface area contributed by atoms with Crippen LogP contribution in [-0.4, -0.2) is 27.1 Å². The van der Waals surface area contributed by atoms with Gasteiger partial charge in [0, 0.05) is 12.1 Å². The first-order chi connectivity index (χ1) is 11.7. The molecule has 0 unspecified atom stereocenters. The van der Waals surface area contributed by atoms with Gasteiger partial charge in [-0.3, -0.25) is 9.10 Å². The molecule has 2 rings (SSSR count). The fourth-order valence-electron chi connectivity index (χ4n) is 2.58. The Labute approximate surface area is 147 Å². The Hall–Kier alpha value is -2.41. The molecule has 0 saturated heterocycles. The number of carbonyl (C=O) groups excluding carboxylic acids is 1. The zero-order valence-electron chi connectivity index (χ0n) is 14.4. The lowest BCUT2D eigenvalue weighted by atomic mass is 10.1. The van der Waals surface area contributed by atoms with E-state index in [2.05, 4.69) is 5.32 Å². The number of benzene rings is 2. The lowest BCUT2D eigenvalue weighted by molar-refractivity contribution is -0.119. The van der Waals surface area contributed by atoms with E-state index < -0.39 is 21.7 Å². The molecule has 0 aliphatic carbocycles. The van der Waals surface area contributed by atoms with Crippen LogP contribution in [0.1, 0.15) is 16.7 Å². The van der Waals surface area contributed by atoms with Gasteiger partial charge in [-0.1, -0.05) is 36.4 Å². The van der Waals surface area contributed by atoms with E-state index in [0.717, 1.165) is 21.7 Å². The molecule has 0 saturated carbocycles. The third-order valence-electron chi connectivity index (χ3n) is 3.81. The molecular weight excluding hydrogens is 343 g/mol. The van der Waals surface area contributed by atoms with Gasteiger partial charge in [0.1, 0.15) is 12.4 Å². The normalized spacial score (nSPS) is 11.2. The molecule has 0 fully saturated rings. The number of halogens is 1. The van der Waals surface area contributed by atoms with Crippen molar-refractivity contribution in [1.82, 2.24) is 5.32 Å². The van der Waals surface area contributed by atoms with Crippen LogP contribution in [0.25, 0.3) is 0 Å². The van der Waals surface area contributed by atoms with Gasteiger partial charge < -0.3 is 5.32 Å². The molecule has 0 radical (unpaired) electrons. The highest BCUT2D eigenvalue weighted by Gasteiger charge is 2.23. The summed E-state index contributed by atoms with van der Waals surface area (Å²) >= 11 is 0. The number of nitrogens with one attached hydrogen (secondary N) is 1. The van der Waals surface area contributed by atoms with Crippen molar-refractivity contribution in [2.45, 2.75) is 20.4 Å². The van der Waals surface area contributed by atoms with Crippen molar-refractivity contribution < 1.29 is 17.6 Å². The molecule has 0 bridgehead atoms. The van der Waals surface area contributed by atoms with Crippen LogP contribution >= 0.6 is 0 Å². The molecule has 1 N–H and O–H groups in total. The lowest BCUT2D eigenvalue weighted by Gasteiger charge is -2.25. The zero-order valence-corrected chi connectivity index (χ0v) is 15.2. The van der Waals surface area contributed by atoms with Crippen molar-refractivity contribution in [3.8, 4) is 0 Å². The predicted molar refractivity (Wildman–Crippen MR) is 96.4 cm³/mol. The van der Waals surface area contributed by atoms with Gasteiger partial charge in [0.2, 0.25) is 15.9 Å². The molecule has 0 aliphatic heterocycles.